The molecule has 50 valence electrons. The van der Waals surface area contributed by atoms with Gasteiger partial charge in [0.05, 0.1) is 0 Å². The van der Waals surface area contributed by atoms with Crippen molar-refractivity contribution in [2.75, 3.05) is 6.26 Å². The molecule has 0 spiro atoms. The lowest BCUT2D eigenvalue weighted by molar-refractivity contribution is 1.47. The molecule has 0 nitrogen and oxygen atoms in total. The Bertz CT molecular complexity index is 172. The molecule has 0 bridgehead atoms. The summed E-state index contributed by atoms with van der Waals surface area (Å²) in [6.07, 6.45) is 2.03. The summed E-state index contributed by atoms with van der Waals surface area (Å²) in [6, 6.07) is 10.1. The summed E-state index contributed by atoms with van der Waals surface area (Å²) in [5.74, 6) is 0. The Morgan fingerprint density at radius 3 is 2.11 bits per heavy atom. The van der Waals surface area contributed by atoms with Crippen LogP contribution in [0.2, 0.25) is 0 Å². The van der Waals surface area contributed by atoms with Crippen LogP contribution in [0.4, 0.5) is 0 Å². The average Bonchev–Trinajstić information content (AvgIpc) is 1.90. The van der Waals surface area contributed by atoms with Gasteiger partial charge in [-0.25, -0.2) is 0 Å². The maximum absolute atomic E-state index is 5.87. The first-order valence-corrected chi connectivity index (χ1v) is 5.44. The molecule has 0 saturated carbocycles. The van der Waals surface area contributed by atoms with Gasteiger partial charge in [-0.15, -0.1) is 0 Å². The van der Waals surface area contributed by atoms with Crippen LogP contribution in [0.15, 0.2) is 35.2 Å². The third kappa shape index (κ3) is 1.92. The highest BCUT2D eigenvalue weighted by atomic mass is 35.7. The molecule has 1 atom stereocenters. The quantitative estimate of drug-likeness (QED) is 0.601. The maximum Gasteiger partial charge on any atom is 0.0000756 e. The molecule has 1 aromatic carbocycles. The van der Waals surface area contributed by atoms with E-state index in [2.05, 4.69) is 12.1 Å². The fourth-order valence-corrected chi connectivity index (χ4v) is 1.55. The molecular formula is C7H9ClS. The molecule has 0 heterocycles. The maximum atomic E-state index is 5.87. The van der Waals surface area contributed by atoms with Crippen molar-refractivity contribution in [2.45, 2.75) is 4.90 Å². The van der Waals surface area contributed by atoms with E-state index in [1.165, 1.54) is 4.90 Å². The van der Waals surface area contributed by atoms with Crippen molar-refractivity contribution in [1.29, 1.82) is 0 Å². The third-order valence-corrected chi connectivity index (χ3v) is 2.71. The van der Waals surface area contributed by atoms with E-state index in [9.17, 15) is 0 Å². The minimum atomic E-state index is -0.423. The number of halogens is 1. The van der Waals surface area contributed by atoms with Gasteiger partial charge in [0, 0.05) is 4.90 Å². The minimum Gasteiger partial charge on any atom is -0.151 e. The molecule has 0 aliphatic heterocycles. The summed E-state index contributed by atoms with van der Waals surface area (Å²) in [5, 5.41) is 0. The van der Waals surface area contributed by atoms with Gasteiger partial charge in [0.25, 0.3) is 0 Å². The van der Waals surface area contributed by atoms with E-state index in [1.807, 2.05) is 24.5 Å². The number of thiol groups is 1. The summed E-state index contributed by atoms with van der Waals surface area (Å²) < 4.78 is 0. The highest BCUT2D eigenvalue weighted by Gasteiger charge is 1.91. The second-order valence-electron chi connectivity index (χ2n) is 1.81. The number of rotatable bonds is 1. The van der Waals surface area contributed by atoms with Gasteiger partial charge in [-0.2, -0.15) is 10.1 Å². The van der Waals surface area contributed by atoms with Crippen molar-refractivity contribution in [2.24, 2.45) is 0 Å². The molecule has 0 aliphatic carbocycles. The number of hydrogen-bond donors (Lipinski definition) is 1. The lowest BCUT2D eigenvalue weighted by Gasteiger charge is -2.04. The van der Waals surface area contributed by atoms with Crippen LogP contribution in [-0.2, 0) is 0 Å². The van der Waals surface area contributed by atoms with Crippen molar-refractivity contribution in [3.8, 4) is 0 Å². The second-order valence-corrected chi connectivity index (χ2v) is 4.80. The van der Waals surface area contributed by atoms with Crippen LogP contribution in [0.25, 0.3) is 0 Å². The molecule has 0 saturated heterocycles. The Morgan fingerprint density at radius 2 is 1.78 bits per heavy atom. The van der Waals surface area contributed by atoms with E-state index in [4.69, 9.17) is 10.7 Å². The monoisotopic (exact) mass is 160 g/mol. The molecular weight excluding hydrogens is 152 g/mol. The predicted octanol–water partition coefficient (Wildman–Crippen LogP) is 2.83. The molecule has 1 aromatic rings. The van der Waals surface area contributed by atoms with Crippen molar-refractivity contribution >= 4 is 20.8 Å². The van der Waals surface area contributed by atoms with E-state index in [-0.39, 0.29) is 0 Å². The fraction of sp³-hybridized carbons (Fsp3) is 0.143. The molecule has 1 unspecified atom stereocenters. The van der Waals surface area contributed by atoms with Crippen LogP contribution in [0, 0.1) is 0 Å². The van der Waals surface area contributed by atoms with E-state index in [0.717, 1.165) is 0 Å². The molecule has 1 rings (SSSR count). The molecule has 0 fully saturated rings. The lowest BCUT2D eigenvalue weighted by Crippen LogP contribution is -1.68. The zero-order valence-corrected chi connectivity index (χ0v) is 6.86. The van der Waals surface area contributed by atoms with Crippen LogP contribution in [0.3, 0.4) is 0 Å². The zero-order chi connectivity index (χ0) is 6.69. The highest BCUT2D eigenvalue weighted by molar-refractivity contribution is 8.35. The standard InChI is InChI=1S/C7H9ClS/c1-9(8)7-5-3-2-4-6-7/h2-6,9H,1H3. The normalized spacial score (nSPS) is 15.1. The molecule has 0 radical (unpaired) electrons. The Hall–Kier alpha value is -0.140. The Labute approximate surface area is 62.7 Å². The average molecular weight is 161 g/mol. The zero-order valence-electron chi connectivity index (χ0n) is 5.21. The highest BCUT2D eigenvalue weighted by Crippen LogP contribution is 2.35. The van der Waals surface area contributed by atoms with Gasteiger partial charge in [0.1, 0.15) is 0 Å². The first-order valence-electron chi connectivity index (χ1n) is 2.75. The molecule has 0 aromatic heterocycles. The van der Waals surface area contributed by atoms with E-state index in [0.29, 0.717) is 0 Å². The predicted molar refractivity (Wildman–Crippen MR) is 45.5 cm³/mol. The van der Waals surface area contributed by atoms with Crippen molar-refractivity contribution in [1.82, 2.24) is 0 Å². The number of hydrogen-bond acceptors (Lipinski definition) is 0. The fourth-order valence-electron chi connectivity index (χ4n) is 0.633. The Balaban J connectivity index is 2.85. The molecule has 2 heteroatoms. The van der Waals surface area contributed by atoms with Crippen LogP contribution in [0.1, 0.15) is 0 Å². The SMILES string of the molecule is C[SH](Cl)c1ccccc1. The molecule has 9 heavy (non-hydrogen) atoms. The topological polar surface area (TPSA) is 0 Å². The summed E-state index contributed by atoms with van der Waals surface area (Å²) in [6.45, 7) is 0. The van der Waals surface area contributed by atoms with E-state index < -0.39 is 10.1 Å². The van der Waals surface area contributed by atoms with Crippen molar-refractivity contribution in [3.63, 3.8) is 0 Å². The van der Waals surface area contributed by atoms with Crippen molar-refractivity contribution in [3.05, 3.63) is 30.3 Å². The smallest absolute Gasteiger partial charge is 0.0000756 e. The van der Waals surface area contributed by atoms with Gasteiger partial charge < -0.3 is 0 Å². The lowest BCUT2D eigenvalue weighted by atomic mass is 10.4. The van der Waals surface area contributed by atoms with Crippen LogP contribution >= 0.6 is 20.8 Å². The Morgan fingerprint density at radius 1 is 1.22 bits per heavy atom. The summed E-state index contributed by atoms with van der Waals surface area (Å²) >= 11 is 0. The van der Waals surface area contributed by atoms with Gasteiger partial charge in [-0.3, -0.25) is 0 Å². The third-order valence-electron chi connectivity index (χ3n) is 1.11. The number of benzene rings is 1. The van der Waals surface area contributed by atoms with Gasteiger partial charge >= 0.3 is 0 Å². The summed E-state index contributed by atoms with van der Waals surface area (Å²) in [4.78, 5) is 1.24. The van der Waals surface area contributed by atoms with Gasteiger partial charge in [0.15, 0.2) is 0 Å². The van der Waals surface area contributed by atoms with Gasteiger partial charge in [0.2, 0.25) is 0 Å². The van der Waals surface area contributed by atoms with Crippen LogP contribution in [-0.4, -0.2) is 6.26 Å². The minimum absolute atomic E-state index is 0.423. The first-order chi connectivity index (χ1) is 4.30. The van der Waals surface area contributed by atoms with Gasteiger partial charge in [-0.1, -0.05) is 28.9 Å². The van der Waals surface area contributed by atoms with Crippen molar-refractivity contribution < 1.29 is 0 Å². The summed E-state index contributed by atoms with van der Waals surface area (Å²) in [5.41, 5.74) is 0. The van der Waals surface area contributed by atoms with E-state index in [1.54, 1.807) is 0 Å². The second kappa shape index (κ2) is 3.14. The molecule has 0 aliphatic rings. The molecule has 0 amide bonds. The molecule has 0 N–H and O–H groups in total. The largest absolute Gasteiger partial charge is 0.151 e. The van der Waals surface area contributed by atoms with Gasteiger partial charge in [-0.05, 0) is 18.4 Å². The van der Waals surface area contributed by atoms with Crippen LogP contribution < -0.4 is 0 Å². The first kappa shape index (κ1) is 6.97. The Kier molecular flexibility index (Phi) is 2.43. The van der Waals surface area contributed by atoms with E-state index >= 15 is 0 Å². The van der Waals surface area contributed by atoms with Crippen LogP contribution in [0.5, 0.6) is 0 Å². The summed E-state index contributed by atoms with van der Waals surface area (Å²) in [7, 11) is 5.44.